The Kier molecular flexibility index (Phi) is 5.94. The third kappa shape index (κ3) is 5.55. The van der Waals surface area contributed by atoms with Crippen LogP contribution in [0.5, 0.6) is 0 Å². The van der Waals surface area contributed by atoms with E-state index in [0.717, 1.165) is 11.9 Å². The molecule has 19 heavy (non-hydrogen) atoms. The van der Waals surface area contributed by atoms with Crippen LogP contribution >= 0.6 is 0 Å². The summed E-state index contributed by atoms with van der Waals surface area (Å²) in [6, 6.07) is 0. The highest BCUT2D eigenvalue weighted by Gasteiger charge is 2.35. The van der Waals surface area contributed by atoms with Gasteiger partial charge in [0.2, 0.25) is 0 Å². The first-order valence-electron chi connectivity index (χ1n) is 6.42. The van der Waals surface area contributed by atoms with Gasteiger partial charge in [-0.2, -0.15) is 0 Å². The predicted molar refractivity (Wildman–Crippen MR) is 76.6 cm³/mol. The second-order valence-electron chi connectivity index (χ2n) is 6.86. The largest absolute Gasteiger partial charge is 0.358 e. The van der Waals surface area contributed by atoms with Crippen molar-refractivity contribution >= 4 is 12.2 Å². The van der Waals surface area contributed by atoms with Gasteiger partial charge < -0.3 is 14.4 Å². The molecule has 1 atom stereocenters. The van der Waals surface area contributed by atoms with Gasteiger partial charge in [0.25, 0.3) is 5.91 Å². The lowest BCUT2D eigenvalue weighted by Gasteiger charge is -2.21. The molecule has 0 saturated carbocycles. The molecule has 1 heterocycles. The van der Waals surface area contributed by atoms with Crippen molar-refractivity contribution in [3.8, 4) is 0 Å². The summed E-state index contributed by atoms with van der Waals surface area (Å²) in [4.78, 5) is 23.1. The number of carbonyl (C=O) groups excluding carboxylic acids is 2. The van der Waals surface area contributed by atoms with Crippen molar-refractivity contribution in [2.24, 2.45) is 10.8 Å². The van der Waals surface area contributed by atoms with Gasteiger partial charge in [0.1, 0.15) is 6.29 Å². The molecule has 0 fully saturated rings. The first kappa shape index (κ1) is 17.8. The van der Waals surface area contributed by atoms with E-state index in [1.165, 1.54) is 0 Å². The predicted octanol–water partition coefficient (Wildman–Crippen LogP) is 2.63. The van der Waals surface area contributed by atoms with Crippen molar-refractivity contribution < 1.29 is 14.3 Å². The molecule has 4 heteroatoms. The highest BCUT2D eigenvalue weighted by Crippen LogP contribution is 2.31. The van der Waals surface area contributed by atoms with Crippen LogP contribution in [0.25, 0.3) is 0 Å². The van der Waals surface area contributed by atoms with Crippen molar-refractivity contribution in [1.29, 1.82) is 0 Å². The normalized spacial score (nSPS) is 19.8. The average Bonchev–Trinajstić information content (AvgIpc) is 2.55. The fourth-order valence-corrected chi connectivity index (χ4v) is 1.43. The van der Waals surface area contributed by atoms with Gasteiger partial charge in [-0.1, -0.05) is 41.5 Å². The van der Waals surface area contributed by atoms with Gasteiger partial charge in [-0.05, 0) is 11.5 Å². The van der Waals surface area contributed by atoms with E-state index in [9.17, 15) is 9.59 Å². The summed E-state index contributed by atoms with van der Waals surface area (Å²) in [6.07, 6.45) is 2.64. The van der Waals surface area contributed by atoms with Crippen LogP contribution in [0, 0.1) is 10.8 Å². The Balaban J connectivity index is 0.000000459. The Morgan fingerprint density at radius 1 is 1.21 bits per heavy atom. The maximum atomic E-state index is 11.7. The maximum absolute atomic E-state index is 11.7. The van der Waals surface area contributed by atoms with Crippen LogP contribution in [0.15, 0.2) is 11.6 Å². The van der Waals surface area contributed by atoms with Crippen molar-refractivity contribution in [1.82, 2.24) is 4.90 Å². The zero-order valence-corrected chi connectivity index (χ0v) is 13.4. The van der Waals surface area contributed by atoms with Crippen LogP contribution in [0.1, 0.15) is 41.5 Å². The summed E-state index contributed by atoms with van der Waals surface area (Å²) in [5.41, 5.74) is 0.598. The monoisotopic (exact) mass is 269 g/mol. The fourth-order valence-electron chi connectivity index (χ4n) is 1.43. The zero-order valence-electron chi connectivity index (χ0n) is 13.4. The van der Waals surface area contributed by atoms with Crippen molar-refractivity contribution in [2.45, 2.75) is 47.8 Å². The molecule has 110 valence electrons. The Bertz CT molecular complexity index is 359. The molecule has 0 aliphatic carbocycles. The van der Waals surface area contributed by atoms with Gasteiger partial charge in [0, 0.05) is 25.1 Å². The quantitative estimate of drug-likeness (QED) is 0.687. The topological polar surface area (TPSA) is 46.6 Å². The number of hydrogen-bond acceptors (Lipinski definition) is 3. The Morgan fingerprint density at radius 3 is 1.79 bits per heavy atom. The van der Waals surface area contributed by atoms with Gasteiger partial charge in [0.15, 0.2) is 6.23 Å². The summed E-state index contributed by atoms with van der Waals surface area (Å²) in [6.45, 7) is 11.7. The van der Waals surface area contributed by atoms with E-state index in [-0.39, 0.29) is 23.0 Å². The summed E-state index contributed by atoms with van der Waals surface area (Å²) in [5, 5.41) is 0. The van der Waals surface area contributed by atoms with E-state index in [4.69, 9.17) is 4.74 Å². The smallest absolute Gasteiger partial charge is 0.252 e. The molecule has 1 aliphatic rings. The second kappa shape index (κ2) is 6.33. The Labute approximate surface area is 116 Å². The molecule has 0 aromatic heterocycles. The standard InChI is InChI=1S/C10H17NO2.C5H10O/c1-10(2,3)7-6-8(13-5)11(4)9(7)12;1-5(2,3)4-6/h6,8H,1-5H3;4H,1-3H3. The van der Waals surface area contributed by atoms with Gasteiger partial charge in [0.05, 0.1) is 0 Å². The summed E-state index contributed by atoms with van der Waals surface area (Å²) in [7, 11) is 3.36. The summed E-state index contributed by atoms with van der Waals surface area (Å²) < 4.78 is 5.15. The Hall–Kier alpha value is -1.16. The van der Waals surface area contributed by atoms with E-state index in [1.54, 1.807) is 19.1 Å². The maximum Gasteiger partial charge on any atom is 0.252 e. The number of nitrogens with zero attached hydrogens (tertiary/aromatic N) is 1. The molecule has 0 saturated heterocycles. The van der Waals surface area contributed by atoms with E-state index in [2.05, 4.69) is 0 Å². The molecule has 0 aromatic rings. The molecule has 1 rings (SSSR count). The number of aldehydes is 1. The van der Waals surface area contributed by atoms with Crippen molar-refractivity contribution in [3.05, 3.63) is 11.6 Å². The molecule has 0 spiro atoms. The molecule has 0 bridgehead atoms. The third-order valence-electron chi connectivity index (χ3n) is 2.64. The second-order valence-corrected chi connectivity index (χ2v) is 6.86. The van der Waals surface area contributed by atoms with Crippen LogP contribution in [-0.2, 0) is 14.3 Å². The van der Waals surface area contributed by atoms with E-state index < -0.39 is 0 Å². The van der Waals surface area contributed by atoms with Crippen LogP contribution in [0.4, 0.5) is 0 Å². The van der Waals surface area contributed by atoms with E-state index in [1.807, 2.05) is 47.6 Å². The van der Waals surface area contributed by atoms with Gasteiger partial charge in [-0.15, -0.1) is 0 Å². The summed E-state index contributed by atoms with van der Waals surface area (Å²) in [5.74, 6) is 0.0688. The summed E-state index contributed by atoms with van der Waals surface area (Å²) >= 11 is 0. The highest BCUT2D eigenvalue weighted by molar-refractivity contribution is 5.97. The highest BCUT2D eigenvalue weighted by atomic mass is 16.5. The van der Waals surface area contributed by atoms with Crippen molar-refractivity contribution in [2.75, 3.05) is 14.2 Å². The van der Waals surface area contributed by atoms with Gasteiger partial charge in [-0.25, -0.2) is 0 Å². The van der Waals surface area contributed by atoms with Gasteiger partial charge in [-0.3, -0.25) is 4.79 Å². The molecule has 1 amide bonds. The number of hydrogen-bond donors (Lipinski definition) is 0. The molecule has 1 aliphatic heterocycles. The lowest BCUT2D eigenvalue weighted by atomic mass is 9.86. The number of likely N-dealkylation sites (N-methyl/N-ethyl adjacent to an activating group) is 1. The minimum Gasteiger partial charge on any atom is -0.358 e. The first-order chi connectivity index (χ1) is 8.44. The van der Waals surface area contributed by atoms with Crippen LogP contribution in [0.2, 0.25) is 0 Å². The molecular formula is C15H27NO3. The lowest BCUT2D eigenvalue weighted by Crippen LogP contribution is -2.32. The first-order valence-corrected chi connectivity index (χ1v) is 6.42. The lowest BCUT2D eigenvalue weighted by molar-refractivity contribution is -0.131. The SMILES string of the molecule is CC(C)(C)C=O.COC1C=C(C(C)(C)C)C(=O)N1C. The number of ether oxygens (including phenoxy) is 1. The van der Waals surface area contributed by atoms with Crippen LogP contribution < -0.4 is 0 Å². The zero-order chi connectivity index (χ0) is 15.4. The van der Waals surface area contributed by atoms with Gasteiger partial charge >= 0.3 is 0 Å². The average molecular weight is 269 g/mol. The molecule has 1 unspecified atom stereocenters. The number of carbonyl (C=O) groups is 2. The molecular weight excluding hydrogens is 242 g/mol. The number of methoxy groups -OCH3 is 1. The van der Waals surface area contributed by atoms with Crippen LogP contribution in [0.3, 0.4) is 0 Å². The molecule has 4 nitrogen and oxygen atoms in total. The van der Waals surface area contributed by atoms with Crippen LogP contribution in [-0.4, -0.2) is 37.5 Å². The molecule has 0 aromatic carbocycles. The minimum atomic E-state index is -0.193. The minimum absolute atomic E-state index is 0.0688. The fraction of sp³-hybridized carbons (Fsp3) is 0.733. The number of amides is 1. The molecule has 0 N–H and O–H groups in total. The van der Waals surface area contributed by atoms with E-state index in [0.29, 0.717) is 0 Å². The number of rotatable bonds is 1. The third-order valence-corrected chi connectivity index (χ3v) is 2.64. The molecule has 0 radical (unpaired) electrons. The van der Waals surface area contributed by atoms with E-state index >= 15 is 0 Å². The Morgan fingerprint density at radius 2 is 1.63 bits per heavy atom. The van der Waals surface area contributed by atoms with Crippen molar-refractivity contribution in [3.63, 3.8) is 0 Å².